The Hall–Kier alpha value is -1.22. The lowest BCUT2D eigenvalue weighted by Gasteiger charge is -2.17. The third-order valence-corrected chi connectivity index (χ3v) is 7.05. The molecule has 1 saturated heterocycles. The summed E-state index contributed by atoms with van der Waals surface area (Å²) in [5.74, 6) is 3.75. The lowest BCUT2D eigenvalue weighted by atomic mass is 10.1. The molecule has 0 aliphatic carbocycles. The predicted molar refractivity (Wildman–Crippen MR) is 99.6 cm³/mol. The predicted octanol–water partition coefficient (Wildman–Crippen LogP) is 3.44. The first kappa shape index (κ1) is 15.1. The van der Waals surface area contributed by atoms with Crippen LogP contribution in [0.2, 0.25) is 0 Å². The molecule has 3 aliphatic heterocycles. The molecule has 1 N–H and O–H groups in total. The third kappa shape index (κ3) is 2.52. The van der Waals surface area contributed by atoms with Gasteiger partial charge in [0.15, 0.2) is 16.5 Å². The highest BCUT2D eigenvalue weighted by molar-refractivity contribution is 8.14. The Morgan fingerprint density at radius 1 is 1.21 bits per heavy atom. The molecule has 1 aromatic heterocycles. The van der Waals surface area contributed by atoms with Gasteiger partial charge in [0.1, 0.15) is 5.04 Å². The molecule has 2 atom stereocenters. The van der Waals surface area contributed by atoms with Gasteiger partial charge in [-0.2, -0.15) is 0 Å². The Morgan fingerprint density at radius 3 is 2.96 bits per heavy atom. The van der Waals surface area contributed by atoms with Crippen LogP contribution < -0.4 is 14.8 Å². The smallest absolute Gasteiger partial charge is 0.294 e. The zero-order chi connectivity index (χ0) is 15.9. The second-order valence-corrected chi connectivity index (χ2v) is 8.76. The first-order chi connectivity index (χ1) is 11.9. The van der Waals surface area contributed by atoms with E-state index < -0.39 is 6.29 Å². The lowest BCUT2D eigenvalue weighted by Crippen LogP contribution is -2.15. The van der Waals surface area contributed by atoms with Crippen molar-refractivity contribution in [3.05, 3.63) is 39.8 Å². The van der Waals surface area contributed by atoms with Gasteiger partial charge in [-0.1, -0.05) is 6.07 Å². The van der Waals surface area contributed by atoms with E-state index in [0.29, 0.717) is 0 Å². The van der Waals surface area contributed by atoms with Gasteiger partial charge in [0.2, 0.25) is 0 Å². The molecule has 5 rings (SSSR count). The maximum atomic E-state index is 6.19. The van der Waals surface area contributed by atoms with E-state index in [9.17, 15) is 0 Å². The highest BCUT2D eigenvalue weighted by Gasteiger charge is 2.35. The van der Waals surface area contributed by atoms with Gasteiger partial charge in [0.25, 0.3) is 6.29 Å². The summed E-state index contributed by atoms with van der Waals surface area (Å²) < 4.78 is 12.2. The van der Waals surface area contributed by atoms with Crippen LogP contribution in [0.25, 0.3) is 0 Å². The maximum Gasteiger partial charge on any atom is 0.294 e. The van der Waals surface area contributed by atoms with E-state index in [0.717, 1.165) is 51.7 Å². The minimum absolute atomic E-state index is 0.289. The van der Waals surface area contributed by atoms with E-state index in [1.54, 1.807) is 29.3 Å². The van der Waals surface area contributed by atoms with Gasteiger partial charge >= 0.3 is 0 Å². The Labute approximate surface area is 152 Å². The van der Waals surface area contributed by atoms with Crippen molar-refractivity contribution >= 4 is 39.9 Å². The number of ether oxygens (including phenoxy) is 2. The van der Waals surface area contributed by atoms with Crippen molar-refractivity contribution in [2.45, 2.75) is 11.7 Å². The van der Waals surface area contributed by atoms with Crippen LogP contribution in [0, 0.1) is 0 Å². The average Bonchev–Trinajstić information content (AvgIpc) is 3.42. The number of nitrogens with zero attached hydrogens (tertiary/aromatic N) is 2. The molecular formula is C16H15N3O2S3. The number of fused-ring (bicyclic) bond motifs is 1. The molecule has 0 saturated carbocycles. The molecule has 24 heavy (non-hydrogen) atoms. The van der Waals surface area contributed by atoms with Crippen molar-refractivity contribution in [2.24, 2.45) is 4.99 Å². The SMILES string of the molecule is c1csc(C2Oc3ccc(C4NCCS4)c(C4=NCCS4)c3O2)n1. The van der Waals surface area contributed by atoms with Crippen LogP contribution in [0.15, 0.2) is 28.7 Å². The topological polar surface area (TPSA) is 55.7 Å². The third-order valence-electron chi connectivity index (χ3n) is 4.06. The van der Waals surface area contributed by atoms with E-state index in [-0.39, 0.29) is 5.37 Å². The highest BCUT2D eigenvalue weighted by Crippen LogP contribution is 2.48. The van der Waals surface area contributed by atoms with Crippen molar-refractivity contribution in [2.75, 3.05) is 24.6 Å². The fourth-order valence-electron chi connectivity index (χ4n) is 3.04. The second kappa shape index (κ2) is 6.25. The number of aliphatic imine (C=N–C) groups is 1. The number of rotatable bonds is 3. The number of thioether (sulfide) groups is 2. The van der Waals surface area contributed by atoms with Crippen LogP contribution in [0.1, 0.15) is 27.8 Å². The summed E-state index contributed by atoms with van der Waals surface area (Å²) in [7, 11) is 0. The minimum Gasteiger partial charge on any atom is -0.444 e. The van der Waals surface area contributed by atoms with Crippen LogP contribution in [0.4, 0.5) is 0 Å². The van der Waals surface area contributed by atoms with E-state index >= 15 is 0 Å². The average molecular weight is 378 g/mol. The molecule has 0 amide bonds. The molecule has 1 aromatic carbocycles. The molecule has 0 spiro atoms. The summed E-state index contributed by atoms with van der Waals surface area (Å²) in [6, 6.07) is 4.17. The Bertz CT molecular complexity index is 788. The molecular weight excluding hydrogens is 362 g/mol. The van der Waals surface area contributed by atoms with Gasteiger partial charge in [-0.05, 0) is 11.6 Å². The van der Waals surface area contributed by atoms with E-state index in [2.05, 4.69) is 16.4 Å². The first-order valence-electron chi connectivity index (χ1n) is 7.82. The van der Waals surface area contributed by atoms with E-state index in [1.807, 2.05) is 23.2 Å². The lowest BCUT2D eigenvalue weighted by molar-refractivity contribution is 0.0484. The number of hydrogen-bond acceptors (Lipinski definition) is 8. The number of aromatic nitrogens is 1. The van der Waals surface area contributed by atoms with Gasteiger partial charge in [-0.15, -0.1) is 34.9 Å². The van der Waals surface area contributed by atoms with E-state index in [1.165, 1.54) is 5.56 Å². The monoisotopic (exact) mass is 377 g/mol. The largest absolute Gasteiger partial charge is 0.444 e. The number of nitrogens with one attached hydrogen (secondary N) is 1. The normalized spacial score (nSPS) is 25.2. The molecule has 8 heteroatoms. The zero-order valence-electron chi connectivity index (χ0n) is 12.7. The Balaban J connectivity index is 1.59. The minimum atomic E-state index is -0.454. The van der Waals surface area contributed by atoms with Crippen LogP contribution in [0.5, 0.6) is 11.5 Å². The van der Waals surface area contributed by atoms with Crippen LogP contribution in [-0.2, 0) is 0 Å². The second-order valence-electron chi connectivity index (χ2n) is 5.54. The van der Waals surface area contributed by atoms with Crippen LogP contribution in [0.3, 0.4) is 0 Å². The van der Waals surface area contributed by atoms with E-state index in [4.69, 9.17) is 14.5 Å². The Kier molecular flexibility index (Phi) is 3.93. The molecule has 124 valence electrons. The number of thiazole rings is 1. The standard InChI is InChI=1S/C16H15N3O2S3/c1-2-10-12(21-16(20-10)15-19-5-8-24-15)11(14-18-4-7-23-14)9(1)13-17-3-6-22-13/h1-2,5,8,13,16-17H,3-4,6-7H2. The van der Waals surface area contributed by atoms with Crippen molar-refractivity contribution in [3.8, 4) is 11.5 Å². The molecule has 2 aromatic rings. The summed E-state index contributed by atoms with van der Waals surface area (Å²) >= 11 is 5.27. The molecule has 2 unspecified atom stereocenters. The molecule has 5 nitrogen and oxygen atoms in total. The number of hydrogen-bond donors (Lipinski definition) is 1. The maximum absolute atomic E-state index is 6.19. The van der Waals surface area contributed by atoms with Gasteiger partial charge in [0.05, 0.1) is 10.9 Å². The quantitative estimate of drug-likeness (QED) is 0.884. The highest BCUT2D eigenvalue weighted by atomic mass is 32.2. The Morgan fingerprint density at radius 2 is 2.21 bits per heavy atom. The zero-order valence-corrected chi connectivity index (χ0v) is 15.2. The van der Waals surface area contributed by atoms with Gasteiger partial charge in [-0.25, -0.2) is 4.98 Å². The van der Waals surface area contributed by atoms with Gasteiger partial charge < -0.3 is 14.8 Å². The molecule has 3 aliphatic rings. The molecule has 0 radical (unpaired) electrons. The van der Waals surface area contributed by atoms with Crippen LogP contribution in [-0.4, -0.2) is 34.6 Å². The number of benzene rings is 1. The van der Waals surface area contributed by atoms with Crippen LogP contribution >= 0.6 is 34.9 Å². The first-order valence-corrected chi connectivity index (χ1v) is 10.7. The molecule has 1 fully saturated rings. The fraction of sp³-hybridized carbons (Fsp3) is 0.375. The summed E-state index contributed by atoms with van der Waals surface area (Å²) in [5.41, 5.74) is 2.34. The summed E-state index contributed by atoms with van der Waals surface area (Å²) in [4.78, 5) is 9.02. The molecule has 0 bridgehead atoms. The fourth-order valence-corrected chi connectivity index (χ4v) is 5.62. The van der Waals surface area contributed by atoms with Crippen molar-refractivity contribution in [3.63, 3.8) is 0 Å². The van der Waals surface area contributed by atoms with Gasteiger partial charge in [-0.3, -0.25) is 4.99 Å². The molecule has 4 heterocycles. The van der Waals surface area contributed by atoms with Gasteiger partial charge in [0, 0.05) is 36.2 Å². The summed E-state index contributed by atoms with van der Waals surface area (Å²) in [5, 5.41) is 7.70. The van der Waals surface area contributed by atoms with Crippen molar-refractivity contribution in [1.82, 2.24) is 10.3 Å². The summed E-state index contributed by atoms with van der Waals surface area (Å²) in [6.45, 7) is 1.90. The van der Waals surface area contributed by atoms with Crippen molar-refractivity contribution in [1.29, 1.82) is 0 Å². The van der Waals surface area contributed by atoms with Crippen molar-refractivity contribution < 1.29 is 9.47 Å². The summed E-state index contributed by atoms with van der Waals surface area (Å²) in [6.07, 6.45) is 1.32.